The maximum atomic E-state index is 2.39. The number of hydrogen-bond acceptors (Lipinski definition) is 0. The van der Waals surface area contributed by atoms with Crippen molar-refractivity contribution in [2.24, 2.45) is 0 Å². The highest BCUT2D eigenvalue weighted by atomic mass is 127. The Hall–Kier alpha value is 0.420. The fourth-order valence-corrected chi connectivity index (χ4v) is 4.32. The predicted octanol–water partition coefficient (Wildman–Crippen LogP) is 2.88. The fraction of sp³-hybridized carbons (Fsp3) is 0. The van der Waals surface area contributed by atoms with Gasteiger partial charge in [-0.25, -0.2) is 0 Å². The molecule has 0 aromatic rings. The first kappa shape index (κ1) is 7.09. The summed E-state index contributed by atoms with van der Waals surface area (Å²) in [6, 6.07) is 0. The van der Waals surface area contributed by atoms with Gasteiger partial charge in [0.05, 0.1) is 0 Å². The van der Waals surface area contributed by atoms with Gasteiger partial charge in [-0.1, -0.05) is 41.5 Å². The summed E-state index contributed by atoms with van der Waals surface area (Å²) in [6.07, 6.45) is 4.57. The van der Waals surface area contributed by atoms with Crippen LogP contribution in [0, 0.1) is 0 Å². The van der Waals surface area contributed by atoms with E-state index in [1.165, 1.54) is 11.1 Å². The number of hydrogen-bond donors (Lipinski definition) is 0. The van der Waals surface area contributed by atoms with Crippen LogP contribution in [0.15, 0.2) is 31.5 Å². The zero-order valence-corrected chi connectivity index (χ0v) is 9.54. The molecular weight excluding hydrogens is 350 g/mol. The van der Waals surface area contributed by atoms with Crippen molar-refractivity contribution in [2.45, 2.75) is 0 Å². The molecule has 2 rings (SSSR count). The van der Waals surface area contributed by atoms with Crippen LogP contribution in [0.5, 0.6) is 0 Å². The van der Waals surface area contributed by atoms with Crippen molar-refractivity contribution >= 4 is 49.5 Å². The molecule has 0 amide bonds. The van der Waals surface area contributed by atoms with Crippen molar-refractivity contribution in [3.05, 3.63) is 31.5 Å². The highest BCUT2D eigenvalue weighted by Crippen LogP contribution is 2.22. The topological polar surface area (TPSA) is 0 Å². The average Bonchev–Trinajstić information content (AvgIpc) is 2.05. The van der Waals surface area contributed by atoms with Crippen molar-refractivity contribution in [3.63, 3.8) is 0 Å². The Kier molecular flexibility index (Phi) is 2.28. The van der Waals surface area contributed by atoms with Crippen LogP contribution in [0.1, 0.15) is 0 Å². The van der Waals surface area contributed by atoms with E-state index in [2.05, 4.69) is 28.3 Å². The Morgan fingerprint density at radius 1 is 0.800 bits per heavy atom. The smallest absolute Gasteiger partial charge is 0.0118 e. The summed E-state index contributed by atoms with van der Waals surface area (Å²) in [4.78, 5) is 0. The third-order valence-electron chi connectivity index (χ3n) is 1.33. The molecule has 2 aliphatic rings. The molecule has 0 saturated carbocycles. The first-order chi connectivity index (χ1) is 4.97. The lowest BCUT2D eigenvalue weighted by Gasteiger charge is -2.05. The zero-order chi connectivity index (χ0) is 6.81. The van der Waals surface area contributed by atoms with Gasteiger partial charge in [0.2, 0.25) is 0 Å². The average molecular weight is 356 g/mol. The van der Waals surface area contributed by atoms with E-state index >= 15 is 0 Å². The molecule has 0 aromatic heterocycles. The first-order valence-corrected chi connectivity index (χ1v) is 7.93. The highest BCUT2D eigenvalue weighted by molar-refractivity contribution is 14.2. The van der Waals surface area contributed by atoms with E-state index in [-0.39, 0.29) is 41.5 Å². The molecule has 0 saturated heterocycles. The fourth-order valence-electron chi connectivity index (χ4n) is 0.808. The Morgan fingerprint density at radius 3 is 1.80 bits per heavy atom. The molecule has 0 aliphatic carbocycles. The maximum Gasteiger partial charge on any atom is -0.0118 e. The van der Waals surface area contributed by atoms with Gasteiger partial charge in [0.25, 0.3) is 0 Å². The third kappa shape index (κ3) is 1.37. The normalized spacial score (nSPS) is 21.6. The molecule has 52 valence electrons. The molecule has 0 atom stereocenters. The van der Waals surface area contributed by atoms with Gasteiger partial charge in [0, 0.05) is 0 Å². The Labute approximate surface area is 80.2 Å². The second-order valence-corrected chi connectivity index (χ2v) is 6.09. The quantitative estimate of drug-likeness (QED) is 0.586. The molecule has 2 heteroatoms. The van der Waals surface area contributed by atoms with Crippen LogP contribution in [0.3, 0.4) is 0 Å². The number of allylic oxidation sites excluding steroid dienone is 4. The van der Waals surface area contributed by atoms with E-state index in [1.54, 1.807) is 0 Å². The number of halogens is 2. The summed E-state index contributed by atoms with van der Waals surface area (Å²) >= 11 is 0.493. The van der Waals surface area contributed by atoms with E-state index < -0.39 is 0 Å². The maximum absolute atomic E-state index is 2.39. The summed E-state index contributed by atoms with van der Waals surface area (Å²) in [5.74, 6) is 0. The van der Waals surface area contributed by atoms with Crippen LogP contribution in [0.25, 0.3) is 0 Å². The molecule has 0 aromatic carbocycles. The first-order valence-electron chi connectivity index (χ1n) is 2.94. The lowest BCUT2D eigenvalue weighted by atomic mass is 10.1. The Morgan fingerprint density at radius 2 is 1.30 bits per heavy atom. The van der Waals surface area contributed by atoms with E-state index in [0.717, 1.165) is 0 Å². The number of rotatable bonds is 0. The van der Waals surface area contributed by atoms with E-state index in [0.29, 0.717) is 0 Å². The molecule has 0 spiro atoms. The van der Waals surface area contributed by atoms with Gasteiger partial charge in [-0.05, 0) is 39.5 Å². The lowest BCUT2D eigenvalue weighted by molar-refractivity contribution is 1.78. The minimum Gasteiger partial charge on any atom is -0.0931 e. The molecule has 0 nitrogen and oxygen atoms in total. The van der Waals surface area contributed by atoms with Crippen molar-refractivity contribution < 1.29 is 0 Å². The third-order valence-corrected chi connectivity index (χ3v) is 4.94. The van der Waals surface area contributed by atoms with Crippen molar-refractivity contribution in [3.8, 4) is 0 Å². The van der Waals surface area contributed by atoms with Crippen LogP contribution in [-0.2, 0) is 0 Å². The molecule has 0 radical (unpaired) electrons. The van der Waals surface area contributed by atoms with E-state index in [1.807, 2.05) is 0 Å². The summed E-state index contributed by atoms with van der Waals surface area (Å²) in [6.45, 7) is 0. The molecule has 0 fully saturated rings. The van der Waals surface area contributed by atoms with Crippen LogP contribution in [-0.4, -0.2) is 8.02 Å². The van der Waals surface area contributed by atoms with E-state index in [9.17, 15) is 0 Å². The monoisotopic (exact) mass is 356 g/mol. The zero-order valence-electron chi connectivity index (χ0n) is 5.22. The van der Waals surface area contributed by atoms with Crippen LogP contribution in [0.2, 0.25) is 0 Å². The SMILES string of the molecule is C1=CC2=C(C=CI=C2)C=I1. The van der Waals surface area contributed by atoms with Crippen molar-refractivity contribution in [1.29, 1.82) is 0 Å². The van der Waals surface area contributed by atoms with Gasteiger partial charge in [-0.2, -0.15) is 0 Å². The highest BCUT2D eigenvalue weighted by Gasteiger charge is 1.99. The van der Waals surface area contributed by atoms with Gasteiger partial charge in [0.1, 0.15) is 0 Å². The summed E-state index contributed by atoms with van der Waals surface area (Å²) in [5, 5.41) is 0. The largest absolute Gasteiger partial charge is 0.0931 e. The van der Waals surface area contributed by atoms with Crippen LogP contribution >= 0.6 is 41.5 Å². The second-order valence-electron chi connectivity index (χ2n) is 1.97. The molecule has 0 N–H and O–H groups in total. The predicted molar refractivity (Wildman–Crippen MR) is 65.5 cm³/mol. The molecule has 2 aliphatic heterocycles. The Bertz CT molecular complexity index is 232. The van der Waals surface area contributed by atoms with Gasteiger partial charge >= 0.3 is 0 Å². The minimum atomic E-state index is 0.246. The van der Waals surface area contributed by atoms with Crippen LogP contribution in [0.4, 0.5) is 0 Å². The van der Waals surface area contributed by atoms with Gasteiger partial charge in [-0.15, -0.1) is 0 Å². The summed E-state index contributed by atoms with van der Waals surface area (Å²) in [5.41, 5.74) is 2.95. The van der Waals surface area contributed by atoms with E-state index in [4.69, 9.17) is 0 Å². The summed E-state index contributed by atoms with van der Waals surface area (Å²) < 4.78 is 9.45. The molecule has 2 heterocycles. The van der Waals surface area contributed by atoms with Gasteiger partial charge in [-0.3, -0.25) is 0 Å². The van der Waals surface area contributed by atoms with Crippen molar-refractivity contribution in [2.75, 3.05) is 0 Å². The molecular formula is C8H6I2. The Balaban J connectivity index is 2.55. The van der Waals surface area contributed by atoms with Gasteiger partial charge < -0.3 is 0 Å². The minimum absolute atomic E-state index is 0.246. The van der Waals surface area contributed by atoms with Gasteiger partial charge in [0.15, 0.2) is 0 Å². The second kappa shape index (κ2) is 3.21. The molecule has 10 heavy (non-hydrogen) atoms. The van der Waals surface area contributed by atoms with Crippen molar-refractivity contribution in [1.82, 2.24) is 0 Å². The molecule has 0 bridgehead atoms. The lowest BCUT2D eigenvalue weighted by Crippen LogP contribution is -1.91. The standard InChI is InChI=1S/C8H6I2/c1-3-9-6-8-2-4-10-5-7(1)8/h1-6H. The summed E-state index contributed by atoms with van der Waals surface area (Å²) in [7, 11) is 0. The van der Waals surface area contributed by atoms with Crippen LogP contribution < -0.4 is 0 Å². The molecule has 0 unspecified atom stereocenters.